The standard InChI is InChI=1S/C28H38N2O6/c31-14-13-29-28(34)21-16-22(26(33)27-25(21)20-9-3-4-10-23(20)36-27)30(17-19-8-5-15-35-19)24(32)12-11-18-6-1-2-7-18/h3-4,9-10,16,18-19,22,25-27,31,33H,1-2,5-8,11-15,17H2,(H,29,34)/t19-,22-,25+,26+,27+/m1/s1. The molecule has 0 unspecified atom stereocenters. The number of fused-ring (bicyclic) bond motifs is 3. The molecule has 2 aliphatic carbocycles. The van der Waals surface area contributed by atoms with Crippen molar-refractivity contribution in [3.8, 4) is 5.75 Å². The Hall–Kier alpha value is -2.42. The zero-order valence-electron chi connectivity index (χ0n) is 20.8. The molecule has 1 saturated heterocycles. The summed E-state index contributed by atoms with van der Waals surface area (Å²) in [6.45, 7) is 1.02. The van der Waals surface area contributed by atoms with Gasteiger partial charge in [0, 0.05) is 37.3 Å². The van der Waals surface area contributed by atoms with Crippen LogP contribution in [0.2, 0.25) is 0 Å². The zero-order valence-corrected chi connectivity index (χ0v) is 20.8. The van der Waals surface area contributed by atoms with E-state index >= 15 is 0 Å². The van der Waals surface area contributed by atoms with Gasteiger partial charge in [-0.15, -0.1) is 0 Å². The van der Waals surface area contributed by atoms with Crippen molar-refractivity contribution in [3.05, 3.63) is 41.5 Å². The lowest BCUT2D eigenvalue weighted by Gasteiger charge is -2.41. The summed E-state index contributed by atoms with van der Waals surface area (Å²) in [6.07, 6.45) is 7.93. The normalized spacial score (nSPS) is 29.3. The number of amides is 2. The van der Waals surface area contributed by atoms with Gasteiger partial charge in [0.2, 0.25) is 11.8 Å². The highest BCUT2D eigenvalue weighted by molar-refractivity contribution is 5.96. The van der Waals surface area contributed by atoms with Gasteiger partial charge in [0.1, 0.15) is 18.0 Å². The third kappa shape index (κ3) is 5.17. The monoisotopic (exact) mass is 498 g/mol. The van der Waals surface area contributed by atoms with Crippen molar-refractivity contribution >= 4 is 11.8 Å². The number of hydrogen-bond acceptors (Lipinski definition) is 6. The van der Waals surface area contributed by atoms with Crippen LogP contribution >= 0.6 is 0 Å². The molecule has 3 N–H and O–H groups in total. The summed E-state index contributed by atoms with van der Waals surface area (Å²) in [5.74, 6) is 0.464. The Bertz CT molecular complexity index is 969. The Labute approximate surface area is 212 Å². The highest BCUT2D eigenvalue weighted by atomic mass is 16.5. The minimum absolute atomic E-state index is 0.0122. The predicted molar refractivity (Wildman–Crippen MR) is 133 cm³/mol. The molecular weight excluding hydrogens is 460 g/mol. The van der Waals surface area contributed by atoms with Crippen molar-refractivity contribution in [2.45, 2.75) is 81.6 Å². The summed E-state index contributed by atoms with van der Waals surface area (Å²) >= 11 is 0. The van der Waals surface area contributed by atoms with Crippen LogP contribution in [0.1, 0.15) is 62.8 Å². The van der Waals surface area contributed by atoms with Crippen LogP contribution in [-0.2, 0) is 14.3 Å². The van der Waals surface area contributed by atoms with E-state index in [1.807, 2.05) is 24.3 Å². The van der Waals surface area contributed by atoms with E-state index in [2.05, 4.69) is 5.32 Å². The van der Waals surface area contributed by atoms with E-state index in [-0.39, 0.29) is 31.1 Å². The Kier molecular flexibility index (Phi) is 7.93. The number of nitrogens with zero attached hydrogens (tertiary/aromatic N) is 1. The molecule has 0 radical (unpaired) electrons. The third-order valence-corrected chi connectivity index (χ3v) is 8.22. The van der Waals surface area contributed by atoms with Crippen LogP contribution in [0, 0.1) is 5.92 Å². The molecule has 0 aromatic heterocycles. The lowest BCUT2D eigenvalue weighted by atomic mass is 9.77. The maximum Gasteiger partial charge on any atom is 0.247 e. The van der Waals surface area contributed by atoms with Crippen LogP contribution in [0.15, 0.2) is 35.9 Å². The quantitative estimate of drug-likeness (QED) is 0.482. The third-order valence-electron chi connectivity index (χ3n) is 8.22. The fourth-order valence-electron chi connectivity index (χ4n) is 6.36. The lowest BCUT2D eigenvalue weighted by molar-refractivity contribution is -0.139. The van der Waals surface area contributed by atoms with Gasteiger partial charge in [-0.05, 0) is 37.3 Å². The SMILES string of the molecule is O=C(NCCO)C1=C[C@@H](N(C[C@H]2CCCO2)C(=O)CCC2CCCC2)[C@H](O)[C@H]2Oc3ccccc3[C@@H]12. The first-order valence-electron chi connectivity index (χ1n) is 13.5. The minimum Gasteiger partial charge on any atom is -0.486 e. The second kappa shape index (κ2) is 11.3. The van der Waals surface area contributed by atoms with Gasteiger partial charge in [0.05, 0.1) is 24.7 Å². The first-order valence-corrected chi connectivity index (χ1v) is 13.5. The molecule has 196 valence electrons. The van der Waals surface area contributed by atoms with Crippen molar-refractivity contribution in [2.75, 3.05) is 26.3 Å². The van der Waals surface area contributed by atoms with Gasteiger partial charge in [0.15, 0.2) is 0 Å². The molecule has 8 heteroatoms. The van der Waals surface area contributed by atoms with Crippen molar-refractivity contribution in [1.29, 1.82) is 0 Å². The largest absolute Gasteiger partial charge is 0.486 e. The Morgan fingerprint density at radius 1 is 1.11 bits per heavy atom. The predicted octanol–water partition coefficient (Wildman–Crippen LogP) is 2.29. The number of hydrogen-bond donors (Lipinski definition) is 3. The van der Waals surface area contributed by atoms with E-state index in [4.69, 9.17) is 9.47 Å². The average molecular weight is 499 g/mol. The highest BCUT2D eigenvalue weighted by Crippen LogP contribution is 2.47. The molecule has 2 fully saturated rings. The molecule has 2 amide bonds. The summed E-state index contributed by atoms with van der Waals surface area (Å²) in [7, 11) is 0. The van der Waals surface area contributed by atoms with Crippen molar-refractivity contribution in [2.24, 2.45) is 5.92 Å². The van der Waals surface area contributed by atoms with Crippen LogP contribution in [0.4, 0.5) is 0 Å². The van der Waals surface area contributed by atoms with Gasteiger partial charge in [-0.2, -0.15) is 0 Å². The molecule has 5 rings (SSSR count). The summed E-state index contributed by atoms with van der Waals surface area (Å²) in [5.41, 5.74) is 1.32. The second-order valence-electron chi connectivity index (χ2n) is 10.6. The molecule has 2 aliphatic heterocycles. The number of carbonyl (C=O) groups is 2. The summed E-state index contributed by atoms with van der Waals surface area (Å²) in [6, 6.07) is 6.82. The molecular formula is C28H38N2O6. The maximum atomic E-state index is 13.6. The van der Waals surface area contributed by atoms with Crippen LogP contribution in [-0.4, -0.2) is 77.6 Å². The number of aliphatic hydroxyl groups excluding tert-OH is 2. The van der Waals surface area contributed by atoms with Crippen molar-refractivity contribution < 1.29 is 29.3 Å². The molecule has 1 aromatic rings. The number of para-hydroxylation sites is 1. The number of carbonyl (C=O) groups excluding carboxylic acids is 2. The minimum atomic E-state index is -0.992. The Morgan fingerprint density at radius 3 is 2.67 bits per heavy atom. The van der Waals surface area contributed by atoms with Crippen LogP contribution in [0.25, 0.3) is 0 Å². The number of rotatable bonds is 9. The molecule has 2 heterocycles. The van der Waals surface area contributed by atoms with Gasteiger partial charge in [-0.1, -0.05) is 43.9 Å². The molecule has 36 heavy (non-hydrogen) atoms. The van der Waals surface area contributed by atoms with Crippen LogP contribution in [0.3, 0.4) is 0 Å². The van der Waals surface area contributed by atoms with Crippen LogP contribution in [0.5, 0.6) is 5.75 Å². The first-order chi connectivity index (χ1) is 17.6. The van der Waals surface area contributed by atoms with E-state index in [9.17, 15) is 19.8 Å². The fourth-order valence-corrected chi connectivity index (χ4v) is 6.36. The molecule has 1 aromatic carbocycles. The Balaban J connectivity index is 1.45. The number of aliphatic hydroxyl groups is 2. The second-order valence-corrected chi connectivity index (χ2v) is 10.6. The highest BCUT2D eigenvalue weighted by Gasteiger charge is 2.50. The topological polar surface area (TPSA) is 108 Å². The van der Waals surface area contributed by atoms with E-state index < -0.39 is 24.2 Å². The van der Waals surface area contributed by atoms with Gasteiger partial charge in [-0.3, -0.25) is 9.59 Å². The lowest BCUT2D eigenvalue weighted by Crippen LogP contribution is -2.57. The molecule has 0 bridgehead atoms. The van der Waals surface area contributed by atoms with Crippen LogP contribution < -0.4 is 10.1 Å². The molecule has 5 atom stereocenters. The zero-order chi connectivity index (χ0) is 25.1. The smallest absolute Gasteiger partial charge is 0.247 e. The molecule has 1 saturated carbocycles. The van der Waals surface area contributed by atoms with Gasteiger partial charge in [-0.25, -0.2) is 0 Å². The Morgan fingerprint density at radius 2 is 1.92 bits per heavy atom. The maximum absolute atomic E-state index is 13.6. The number of ether oxygens (including phenoxy) is 2. The fraction of sp³-hybridized carbons (Fsp3) is 0.643. The van der Waals surface area contributed by atoms with Gasteiger partial charge in [0.25, 0.3) is 0 Å². The van der Waals surface area contributed by atoms with E-state index in [1.165, 1.54) is 25.7 Å². The average Bonchev–Trinajstić information content (AvgIpc) is 3.66. The number of nitrogens with one attached hydrogen (secondary N) is 1. The van der Waals surface area contributed by atoms with E-state index in [0.717, 1.165) is 24.8 Å². The summed E-state index contributed by atoms with van der Waals surface area (Å²) in [4.78, 5) is 28.6. The van der Waals surface area contributed by atoms with Crippen molar-refractivity contribution in [3.63, 3.8) is 0 Å². The van der Waals surface area contributed by atoms with E-state index in [1.54, 1.807) is 11.0 Å². The van der Waals surface area contributed by atoms with Crippen molar-refractivity contribution in [1.82, 2.24) is 10.2 Å². The molecule has 4 aliphatic rings. The first kappa shape index (κ1) is 25.2. The van der Waals surface area contributed by atoms with E-state index in [0.29, 0.717) is 36.8 Å². The van der Waals surface area contributed by atoms with Gasteiger partial charge >= 0.3 is 0 Å². The molecule has 8 nitrogen and oxygen atoms in total. The summed E-state index contributed by atoms with van der Waals surface area (Å²) < 4.78 is 12.1. The number of benzene rings is 1. The molecule has 0 spiro atoms. The summed E-state index contributed by atoms with van der Waals surface area (Å²) in [5, 5.41) is 23.6. The van der Waals surface area contributed by atoms with Gasteiger partial charge < -0.3 is 29.9 Å².